The van der Waals surface area contributed by atoms with Crippen molar-refractivity contribution in [2.45, 2.75) is 44.6 Å². The Morgan fingerprint density at radius 1 is 1.20 bits per heavy atom. The first-order valence-electron chi connectivity index (χ1n) is 9.93. The number of carbonyl (C=O) groups excluding carboxylic acids is 1. The maximum Gasteiger partial charge on any atom is 0.422 e. The van der Waals surface area contributed by atoms with Crippen molar-refractivity contribution in [2.24, 2.45) is 0 Å². The van der Waals surface area contributed by atoms with Gasteiger partial charge in [0, 0.05) is 36.8 Å². The summed E-state index contributed by atoms with van der Waals surface area (Å²) < 4.78 is 42.9. The number of amides is 1. The van der Waals surface area contributed by atoms with E-state index in [1.165, 1.54) is 19.1 Å². The minimum absolute atomic E-state index is 0.109. The van der Waals surface area contributed by atoms with Crippen LogP contribution in [0.2, 0.25) is 0 Å². The lowest BCUT2D eigenvalue weighted by molar-refractivity contribution is -0.153. The first-order valence-corrected chi connectivity index (χ1v) is 9.93. The molecule has 2 atom stereocenters. The van der Waals surface area contributed by atoms with Gasteiger partial charge in [0.1, 0.15) is 5.75 Å². The van der Waals surface area contributed by atoms with E-state index in [4.69, 9.17) is 4.74 Å². The van der Waals surface area contributed by atoms with Gasteiger partial charge in [0.15, 0.2) is 6.61 Å². The molecule has 1 aliphatic rings. The van der Waals surface area contributed by atoms with Crippen molar-refractivity contribution >= 4 is 11.6 Å². The molecule has 2 aromatic rings. The van der Waals surface area contributed by atoms with Crippen molar-refractivity contribution in [3.63, 3.8) is 0 Å². The van der Waals surface area contributed by atoms with Gasteiger partial charge in [0.2, 0.25) is 5.91 Å². The van der Waals surface area contributed by atoms with E-state index in [-0.39, 0.29) is 23.7 Å². The van der Waals surface area contributed by atoms with Gasteiger partial charge in [0.25, 0.3) is 0 Å². The Kier molecular flexibility index (Phi) is 7.33. The van der Waals surface area contributed by atoms with Crippen molar-refractivity contribution in [1.29, 1.82) is 0 Å². The molecule has 1 saturated heterocycles. The molecule has 0 saturated carbocycles. The van der Waals surface area contributed by atoms with Gasteiger partial charge in [-0.25, -0.2) is 0 Å². The lowest BCUT2D eigenvalue weighted by Gasteiger charge is -2.34. The fourth-order valence-electron chi connectivity index (χ4n) is 3.66. The minimum Gasteiger partial charge on any atom is -0.484 e. The van der Waals surface area contributed by atoms with Crippen molar-refractivity contribution in [3.05, 3.63) is 59.7 Å². The normalized spacial score (nSPS) is 19.3. The summed E-state index contributed by atoms with van der Waals surface area (Å²) in [5, 5.41) is 9.65. The molecule has 3 N–H and O–H groups in total. The molecule has 1 amide bonds. The number of hydrogen-bond acceptors (Lipinski definition) is 4. The van der Waals surface area contributed by atoms with Gasteiger partial charge in [-0.15, -0.1) is 0 Å². The molecule has 1 fully saturated rings. The van der Waals surface area contributed by atoms with Crippen LogP contribution in [0.3, 0.4) is 0 Å². The summed E-state index contributed by atoms with van der Waals surface area (Å²) >= 11 is 0. The molecule has 3 rings (SSSR count). The van der Waals surface area contributed by atoms with E-state index in [0.29, 0.717) is 17.8 Å². The van der Waals surface area contributed by atoms with Crippen molar-refractivity contribution < 1.29 is 22.7 Å². The molecule has 0 unspecified atom stereocenters. The number of benzene rings is 2. The minimum atomic E-state index is -4.42. The summed E-state index contributed by atoms with van der Waals surface area (Å²) in [6.45, 7) is 1.24. The standard InChI is InChI=1S/C22H26F3N3O2/c1-15(29)28-18-9-10-20(30-14-22(23,24)25)17(12-18)13-27-19-8-5-11-26-21(19)16-6-3-2-4-7-16/h2-4,6-7,9-10,12,19,21,26-27H,5,8,11,13-14H2,1H3,(H,28,29)/t19-,21-/m0/s1. The molecular formula is C22H26F3N3O2. The highest BCUT2D eigenvalue weighted by atomic mass is 19.4. The van der Waals surface area contributed by atoms with Crippen LogP contribution < -0.4 is 20.7 Å². The van der Waals surface area contributed by atoms with Gasteiger partial charge in [-0.1, -0.05) is 30.3 Å². The van der Waals surface area contributed by atoms with Gasteiger partial charge < -0.3 is 20.7 Å². The smallest absolute Gasteiger partial charge is 0.422 e. The van der Waals surface area contributed by atoms with Crippen LogP contribution in [0.15, 0.2) is 48.5 Å². The molecule has 1 aliphatic heterocycles. The lowest BCUT2D eigenvalue weighted by Crippen LogP contribution is -2.45. The third-order valence-electron chi connectivity index (χ3n) is 4.94. The molecule has 8 heteroatoms. The maximum absolute atomic E-state index is 12.6. The van der Waals surface area contributed by atoms with E-state index in [0.717, 1.165) is 24.9 Å². The Hall–Kier alpha value is -2.58. The van der Waals surface area contributed by atoms with E-state index < -0.39 is 12.8 Å². The number of halogens is 3. The molecule has 0 aromatic heterocycles. The summed E-state index contributed by atoms with van der Waals surface area (Å²) in [4.78, 5) is 11.4. The molecule has 0 radical (unpaired) electrons. The number of alkyl halides is 3. The van der Waals surface area contributed by atoms with E-state index in [2.05, 4.69) is 28.1 Å². The molecule has 0 spiro atoms. The molecule has 162 valence electrons. The van der Waals surface area contributed by atoms with Gasteiger partial charge in [0.05, 0.1) is 0 Å². The molecule has 1 heterocycles. The molecule has 2 aromatic carbocycles. The molecule has 30 heavy (non-hydrogen) atoms. The number of carbonyl (C=O) groups is 1. The van der Waals surface area contributed by atoms with E-state index in [1.807, 2.05) is 18.2 Å². The van der Waals surface area contributed by atoms with E-state index in [1.54, 1.807) is 6.07 Å². The number of anilines is 1. The first-order chi connectivity index (χ1) is 14.3. The molecule has 0 bridgehead atoms. The summed E-state index contributed by atoms with van der Waals surface area (Å²) in [6, 6.07) is 14.9. The van der Waals surface area contributed by atoms with Crippen LogP contribution >= 0.6 is 0 Å². The Labute approximate surface area is 174 Å². The highest BCUT2D eigenvalue weighted by Crippen LogP contribution is 2.28. The second-order valence-electron chi connectivity index (χ2n) is 7.38. The largest absolute Gasteiger partial charge is 0.484 e. The topological polar surface area (TPSA) is 62.4 Å². The maximum atomic E-state index is 12.6. The van der Waals surface area contributed by atoms with Crippen LogP contribution in [0, 0.1) is 0 Å². The monoisotopic (exact) mass is 421 g/mol. The Morgan fingerprint density at radius 2 is 1.97 bits per heavy atom. The zero-order valence-corrected chi connectivity index (χ0v) is 16.8. The summed E-state index contributed by atoms with van der Waals surface area (Å²) in [5.41, 5.74) is 2.23. The SMILES string of the molecule is CC(=O)Nc1ccc(OCC(F)(F)F)c(CN[C@H]2CCCN[C@H]2c2ccccc2)c1. The predicted octanol–water partition coefficient (Wildman–Crippen LogP) is 4.17. The Bertz CT molecular complexity index is 843. The highest BCUT2D eigenvalue weighted by molar-refractivity contribution is 5.88. The van der Waals surface area contributed by atoms with E-state index >= 15 is 0 Å². The summed E-state index contributed by atoms with van der Waals surface area (Å²) in [5.74, 6) is -0.104. The van der Waals surface area contributed by atoms with Crippen LogP contribution in [-0.2, 0) is 11.3 Å². The Balaban J connectivity index is 1.76. The molecule has 5 nitrogen and oxygen atoms in total. The summed E-state index contributed by atoms with van der Waals surface area (Å²) in [7, 11) is 0. The highest BCUT2D eigenvalue weighted by Gasteiger charge is 2.29. The number of ether oxygens (including phenoxy) is 1. The van der Waals surface area contributed by atoms with Crippen LogP contribution in [0.1, 0.15) is 36.9 Å². The zero-order valence-electron chi connectivity index (χ0n) is 16.8. The van der Waals surface area contributed by atoms with Crippen molar-refractivity contribution in [1.82, 2.24) is 10.6 Å². The second kappa shape index (κ2) is 9.95. The number of nitrogens with one attached hydrogen (secondary N) is 3. The number of rotatable bonds is 7. The van der Waals surface area contributed by atoms with Gasteiger partial charge >= 0.3 is 6.18 Å². The van der Waals surface area contributed by atoms with Crippen LogP contribution in [0.4, 0.5) is 18.9 Å². The quantitative estimate of drug-likeness (QED) is 0.628. The van der Waals surface area contributed by atoms with Crippen LogP contribution in [-0.4, -0.2) is 31.3 Å². The number of piperidine rings is 1. The zero-order chi connectivity index (χ0) is 21.6. The summed E-state index contributed by atoms with van der Waals surface area (Å²) in [6.07, 6.45) is -2.48. The van der Waals surface area contributed by atoms with Crippen molar-refractivity contribution in [2.75, 3.05) is 18.5 Å². The molecule has 0 aliphatic carbocycles. The van der Waals surface area contributed by atoms with Gasteiger partial charge in [-0.05, 0) is 43.1 Å². The molecular weight excluding hydrogens is 395 g/mol. The lowest BCUT2D eigenvalue weighted by atomic mass is 9.92. The number of hydrogen-bond donors (Lipinski definition) is 3. The average Bonchev–Trinajstić information content (AvgIpc) is 2.71. The van der Waals surface area contributed by atoms with Crippen LogP contribution in [0.25, 0.3) is 0 Å². The third kappa shape index (κ3) is 6.47. The van der Waals surface area contributed by atoms with E-state index in [9.17, 15) is 18.0 Å². The van der Waals surface area contributed by atoms with Gasteiger partial charge in [-0.2, -0.15) is 13.2 Å². The first kappa shape index (κ1) is 22.1. The predicted molar refractivity (Wildman–Crippen MR) is 109 cm³/mol. The second-order valence-corrected chi connectivity index (χ2v) is 7.38. The fourth-order valence-corrected chi connectivity index (χ4v) is 3.66. The Morgan fingerprint density at radius 3 is 2.67 bits per heavy atom. The van der Waals surface area contributed by atoms with Crippen molar-refractivity contribution in [3.8, 4) is 5.75 Å². The van der Waals surface area contributed by atoms with Crippen LogP contribution in [0.5, 0.6) is 5.75 Å². The average molecular weight is 421 g/mol. The third-order valence-corrected chi connectivity index (χ3v) is 4.94. The fraction of sp³-hybridized carbons (Fsp3) is 0.409. The van der Waals surface area contributed by atoms with Gasteiger partial charge in [-0.3, -0.25) is 4.79 Å².